The summed E-state index contributed by atoms with van der Waals surface area (Å²) in [6.07, 6.45) is 0. The molecule has 0 saturated carbocycles. The van der Waals surface area contributed by atoms with Gasteiger partial charge in [-0.15, -0.1) is 0 Å². The monoisotopic (exact) mass is 203 g/mol. The summed E-state index contributed by atoms with van der Waals surface area (Å²) in [4.78, 5) is 16.5. The summed E-state index contributed by atoms with van der Waals surface area (Å²) in [5, 5.41) is 3.67. The Bertz CT molecular complexity index is 249. The summed E-state index contributed by atoms with van der Waals surface area (Å²) in [7, 11) is 3.63. The molecule has 6 heteroatoms. The van der Waals surface area contributed by atoms with Gasteiger partial charge in [0.1, 0.15) is 0 Å². The summed E-state index contributed by atoms with van der Waals surface area (Å²) >= 11 is 6.30. The zero-order valence-electron chi connectivity index (χ0n) is 6.83. The lowest BCUT2D eigenvalue weighted by atomic mass is 10.7. The molecule has 1 N–H and O–H groups in total. The van der Waals surface area contributed by atoms with Crippen molar-refractivity contribution >= 4 is 40.2 Å². The number of nitrogens with one attached hydrogen (secondary N) is 1. The van der Waals surface area contributed by atoms with E-state index in [1.54, 1.807) is 4.90 Å². The summed E-state index contributed by atoms with van der Waals surface area (Å²) in [5.41, 5.74) is 0. The number of thioether (sulfide) groups is 1. The van der Waals surface area contributed by atoms with Gasteiger partial charge in [0.15, 0.2) is 10.3 Å². The Kier molecular flexibility index (Phi) is 3.05. The van der Waals surface area contributed by atoms with E-state index in [1.165, 1.54) is 11.8 Å². The number of hydrogen-bond donors (Lipinski definition) is 1. The minimum absolute atomic E-state index is 0.0136. The van der Waals surface area contributed by atoms with Crippen molar-refractivity contribution in [1.82, 2.24) is 10.2 Å². The average molecular weight is 203 g/mol. The number of thiocarbonyl (C=S) groups is 1. The van der Waals surface area contributed by atoms with E-state index in [4.69, 9.17) is 12.2 Å². The van der Waals surface area contributed by atoms with Crippen LogP contribution in [0.3, 0.4) is 0 Å². The summed E-state index contributed by atoms with van der Waals surface area (Å²) in [6.45, 7) is 0. The summed E-state index contributed by atoms with van der Waals surface area (Å²) in [5.74, 6) is 0.426. The van der Waals surface area contributed by atoms with Gasteiger partial charge in [-0.25, -0.2) is 0 Å². The number of rotatable bonds is 0. The van der Waals surface area contributed by atoms with Gasteiger partial charge in [-0.05, 0) is 12.2 Å². The van der Waals surface area contributed by atoms with Crippen LogP contribution in [0, 0.1) is 0 Å². The molecule has 1 rings (SSSR count). The third-order valence-corrected chi connectivity index (χ3v) is 2.50. The lowest BCUT2D eigenvalue weighted by Crippen LogP contribution is -2.24. The van der Waals surface area contributed by atoms with Gasteiger partial charge in [0, 0.05) is 14.1 Å². The van der Waals surface area contributed by atoms with Crippen LogP contribution in [0.5, 0.6) is 0 Å². The largest absolute Gasteiger partial charge is 0.354 e. The number of amides is 1. The molecule has 0 aromatic rings. The molecule has 0 aliphatic carbocycles. The standard InChI is InChI=1S/C6H9N3OS2/c1-9(2)6(11)8-5-7-4(10)3-12-5/h3H2,1-2H3,(H,7,8,10,11). The Morgan fingerprint density at radius 2 is 2.42 bits per heavy atom. The number of carbonyl (C=O) groups excluding carboxylic acids is 1. The fourth-order valence-electron chi connectivity index (χ4n) is 0.572. The molecule has 66 valence electrons. The molecule has 1 heterocycles. The Morgan fingerprint density at radius 1 is 1.75 bits per heavy atom. The van der Waals surface area contributed by atoms with Crippen LogP contribution in [0.2, 0.25) is 0 Å². The smallest absolute Gasteiger partial charge is 0.236 e. The van der Waals surface area contributed by atoms with Crippen molar-refractivity contribution in [1.29, 1.82) is 0 Å². The fourth-order valence-corrected chi connectivity index (χ4v) is 1.40. The van der Waals surface area contributed by atoms with Crippen molar-refractivity contribution in [2.45, 2.75) is 0 Å². The first kappa shape index (κ1) is 9.47. The van der Waals surface area contributed by atoms with E-state index in [0.717, 1.165) is 0 Å². The highest BCUT2D eigenvalue weighted by atomic mass is 32.2. The van der Waals surface area contributed by atoms with Gasteiger partial charge in [0.05, 0.1) is 5.75 Å². The molecule has 1 amide bonds. The molecule has 1 fully saturated rings. The van der Waals surface area contributed by atoms with Crippen LogP contribution in [0.4, 0.5) is 0 Å². The Hall–Kier alpha value is -0.620. The summed E-state index contributed by atoms with van der Waals surface area (Å²) < 4.78 is 0. The molecule has 0 radical (unpaired) electrons. The predicted octanol–water partition coefficient (Wildman–Crippen LogP) is 0.0519. The van der Waals surface area contributed by atoms with Crippen molar-refractivity contribution in [2.24, 2.45) is 4.99 Å². The van der Waals surface area contributed by atoms with Crippen molar-refractivity contribution < 1.29 is 4.79 Å². The second-order valence-corrected chi connectivity index (χ2v) is 3.76. The zero-order valence-corrected chi connectivity index (χ0v) is 8.46. The van der Waals surface area contributed by atoms with E-state index in [2.05, 4.69) is 10.3 Å². The SMILES string of the molecule is CN(C)C(=S)/N=C1/NC(=O)CS1. The minimum atomic E-state index is -0.0136. The molecule has 1 saturated heterocycles. The lowest BCUT2D eigenvalue weighted by Gasteiger charge is -2.08. The van der Waals surface area contributed by atoms with Crippen LogP contribution in [0.25, 0.3) is 0 Å². The number of aliphatic imine (C=N–C) groups is 1. The van der Waals surface area contributed by atoms with E-state index in [1.807, 2.05) is 14.1 Å². The van der Waals surface area contributed by atoms with E-state index >= 15 is 0 Å². The van der Waals surface area contributed by atoms with Crippen LogP contribution >= 0.6 is 24.0 Å². The first-order valence-electron chi connectivity index (χ1n) is 3.32. The van der Waals surface area contributed by atoms with Gasteiger partial charge in [-0.2, -0.15) is 4.99 Å². The fraction of sp³-hybridized carbons (Fsp3) is 0.500. The highest BCUT2D eigenvalue weighted by Crippen LogP contribution is 2.08. The first-order valence-corrected chi connectivity index (χ1v) is 4.71. The molecule has 12 heavy (non-hydrogen) atoms. The van der Waals surface area contributed by atoms with Gasteiger partial charge >= 0.3 is 0 Å². The predicted molar refractivity (Wildman–Crippen MR) is 54.3 cm³/mol. The normalized spacial score (nSPS) is 19.5. The van der Waals surface area contributed by atoms with E-state index in [0.29, 0.717) is 16.0 Å². The van der Waals surface area contributed by atoms with Gasteiger partial charge in [-0.3, -0.25) is 4.79 Å². The molecule has 0 unspecified atom stereocenters. The summed E-state index contributed by atoms with van der Waals surface area (Å²) in [6, 6.07) is 0. The second-order valence-electron chi connectivity index (χ2n) is 2.43. The van der Waals surface area contributed by atoms with Gasteiger partial charge < -0.3 is 10.2 Å². The molecule has 1 aliphatic heterocycles. The number of carbonyl (C=O) groups is 1. The lowest BCUT2D eigenvalue weighted by molar-refractivity contribution is -0.116. The van der Waals surface area contributed by atoms with Crippen LogP contribution in [-0.4, -0.2) is 40.9 Å². The zero-order chi connectivity index (χ0) is 9.14. The maximum Gasteiger partial charge on any atom is 0.236 e. The van der Waals surface area contributed by atoms with E-state index < -0.39 is 0 Å². The molecule has 0 atom stereocenters. The quantitative estimate of drug-likeness (QED) is 0.565. The third kappa shape index (κ3) is 2.46. The Morgan fingerprint density at radius 3 is 2.83 bits per heavy atom. The third-order valence-electron chi connectivity index (χ3n) is 1.17. The highest BCUT2D eigenvalue weighted by Gasteiger charge is 2.16. The van der Waals surface area contributed by atoms with Crippen LogP contribution in [0.15, 0.2) is 4.99 Å². The molecule has 0 aromatic carbocycles. The van der Waals surface area contributed by atoms with Crippen LogP contribution in [0.1, 0.15) is 0 Å². The van der Waals surface area contributed by atoms with Crippen LogP contribution in [-0.2, 0) is 4.79 Å². The van der Waals surface area contributed by atoms with Gasteiger partial charge in [-0.1, -0.05) is 11.8 Å². The maximum absolute atomic E-state index is 10.7. The topological polar surface area (TPSA) is 44.7 Å². The highest BCUT2D eigenvalue weighted by molar-refractivity contribution is 8.15. The second kappa shape index (κ2) is 3.86. The molecule has 1 aliphatic rings. The number of hydrogen-bond acceptors (Lipinski definition) is 3. The van der Waals surface area contributed by atoms with Gasteiger partial charge in [0.2, 0.25) is 5.91 Å². The molecular formula is C6H9N3OS2. The molecule has 0 aromatic heterocycles. The molecule has 0 spiro atoms. The molecular weight excluding hydrogens is 194 g/mol. The minimum Gasteiger partial charge on any atom is -0.354 e. The Balaban J connectivity index is 2.58. The number of nitrogens with zero attached hydrogens (tertiary/aromatic N) is 2. The molecule has 4 nitrogen and oxygen atoms in total. The van der Waals surface area contributed by atoms with Crippen molar-refractivity contribution in [2.75, 3.05) is 19.8 Å². The maximum atomic E-state index is 10.7. The number of amidine groups is 1. The average Bonchev–Trinajstić information content (AvgIpc) is 2.35. The first-order chi connectivity index (χ1) is 5.59. The van der Waals surface area contributed by atoms with E-state index in [-0.39, 0.29) is 5.91 Å². The van der Waals surface area contributed by atoms with Crippen LogP contribution < -0.4 is 5.32 Å². The Labute approximate surface area is 80.4 Å². The van der Waals surface area contributed by atoms with Crippen molar-refractivity contribution in [3.05, 3.63) is 0 Å². The molecule has 0 bridgehead atoms. The van der Waals surface area contributed by atoms with Gasteiger partial charge in [0.25, 0.3) is 0 Å². The van der Waals surface area contributed by atoms with Crippen molar-refractivity contribution in [3.63, 3.8) is 0 Å². The van der Waals surface area contributed by atoms with E-state index in [9.17, 15) is 4.79 Å². The van der Waals surface area contributed by atoms with Crippen molar-refractivity contribution in [3.8, 4) is 0 Å².